The molecule has 1 aromatic carbocycles. The molecule has 0 bridgehead atoms. The third-order valence-electron chi connectivity index (χ3n) is 3.92. The van der Waals surface area contributed by atoms with Gasteiger partial charge in [0.05, 0.1) is 6.54 Å². The van der Waals surface area contributed by atoms with Crippen LogP contribution in [-0.4, -0.2) is 30.5 Å². The summed E-state index contributed by atoms with van der Waals surface area (Å²) >= 11 is 0. The van der Waals surface area contributed by atoms with Crippen LogP contribution in [0, 0.1) is 6.92 Å². The molecule has 0 aliphatic heterocycles. The monoisotopic (exact) mass is 378 g/mol. The second-order valence-corrected chi connectivity index (χ2v) is 6.03. The van der Waals surface area contributed by atoms with Crippen LogP contribution in [0.3, 0.4) is 0 Å². The second kappa shape index (κ2) is 7.22. The van der Waals surface area contributed by atoms with Crippen LogP contribution >= 0.6 is 0 Å². The predicted molar refractivity (Wildman–Crippen MR) is 90.9 cm³/mol. The number of aromatic nitrogens is 5. The maximum absolute atomic E-state index is 12.8. The highest BCUT2D eigenvalue weighted by Gasteiger charge is 2.35. The van der Waals surface area contributed by atoms with E-state index in [1.807, 2.05) is 30.3 Å². The Kier molecular flexibility index (Phi) is 4.98. The molecule has 3 rings (SSSR count). The molecule has 0 aliphatic carbocycles. The van der Waals surface area contributed by atoms with Crippen molar-refractivity contribution in [3.05, 3.63) is 59.7 Å². The van der Waals surface area contributed by atoms with Gasteiger partial charge in [-0.3, -0.25) is 14.8 Å². The Morgan fingerprint density at radius 3 is 2.56 bits per heavy atom. The lowest BCUT2D eigenvalue weighted by molar-refractivity contribution is -0.141. The van der Waals surface area contributed by atoms with Crippen LogP contribution in [0.1, 0.15) is 29.9 Å². The van der Waals surface area contributed by atoms with Gasteiger partial charge in [-0.1, -0.05) is 30.3 Å². The van der Waals surface area contributed by atoms with Crippen molar-refractivity contribution in [2.45, 2.75) is 32.6 Å². The van der Waals surface area contributed by atoms with Gasteiger partial charge in [-0.25, -0.2) is 9.67 Å². The van der Waals surface area contributed by atoms with Gasteiger partial charge in [0.25, 0.3) is 5.91 Å². The largest absolute Gasteiger partial charge is 0.435 e. The van der Waals surface area contributed by atoms with Gasteiger partial charge in [0.1, 0.15) is 12.4 Å². The number of halogens is 3. The Morgan fingerprint density at radius 1 is 1.22 bits per heavy atom. The Labute approximate surface area is 152 Å². The minimum Gasteiger partial charge on any atom is -0.291 e. The van der Waals surface area contributed by atoms with Gasteiger partial charge in [-0.15, -0.1) is 5.10 Å². The average Bonchev–Trinajstić information content (AvgIpc) is 3.21. The van der Waals surface area contributed by atoms with Crippen molar-refractivity contribution in [1.29, 1.82) is 0 Å². The molecule has 1 amide bonds. The summed E-state index contributed by atoms with van der Waals surface area (Å²) in [4.78, 5) is 16.4. The number of carbonyl (C=O) groups excluding carboxylic acids is 1. The SMILES string of the molecule is Cc1cc(C(F)(F)F)nn1C(C)C(=O)Nc1ncn(Cc2ccccc2)n1. The second-order valence-electron chi connectivity index (χ2n) is 6.03. The van der Waals surface area contributed by atoms with E-state index in [1.54, 1.807) is 4.68 Å². The zero-order valence-electron chi connectivity index (χ0n) is 14.6. The van der Waals surface area contributed by atoms with E-state index >= 15 is 0 Å². The molecular formula is C17H17F3N6O. The number of nitrogens with one attached hydrogen (secondary N) is 1. The van der Waals surface area contributed by atoms with E-state index in [1.165, 1.54) is 20.2 Å². The number of aryl methyl sites for hydroxylation is 1. The molecule has 0 saturated carbocycles. The van der Waals surface area contributed by atoms with Crippen molar-refractivity contribution in [1.82, 2.24) is 24.5 Å². The van der Waals surface area contributed by atoms with Crippen molar-refractivity contribution in [2.24, 2.45) is 0 Å². The topological polar surface area (TPSA) is 77.6 Å². The zero-order chi connectivity index (χ0) is 19.6. The molecular weight excluding hydrogens is 361 g/mol. The number of rotatable bonds is 5. The summed E-state index contributed by atoms with van der Waals surface area (Å²) in [6, 6.07) is 9.51. The Morgan fingerprint density at radius 2 is 1.93 bits per heavy atom. The molecule has 0 radical (unpaired) electrons. The lowest BCUT2D eigenvalue weighted by Crippen LogP contribution is -2.26. The molecule has 0 fully saturated rings. The van der Waals surface area contributed by atoms with Gasteiger partial charge < -0.3 is 0 Å². The number of carbonyl (C=O) groups is 1. The number of alkyl halides is 3. The van der Waals surface area contributed by atoms with Crippen LogP contribution in [0.5, 0.6) is 0 Å². The minimum atomic E-state index is -4.57. The van der Waals surface area contributed by atoms with Crippen molar-refractivity contribution >= 4 is 11.9 Å². The van der Waals surface area contributed by atoms with Gasteiger partial charge in [-0.05, 0) is 25.5 Å². The molecule has 2 heterocycles. The van der Waals surface area contributed by atoms with Gasteiger partial charge in [0, 0.05) is 5.69 Å². The molecule has 0 saturated heterocycles. The lowest BCUT2D eigenvalue weighted by Gasteiger charge is -2.13. The molecule has 1 unspecified atom stereocenters. The Balaban J connectivity index is 1.68. The maximum atomic E-state index is 12.8. The molecule has 1 atom stereocenters. The van der Waals surface area contributed by atoms with Crippen molar-refractivity contribution in [2.75, 3.05) is 5.32 Å². The molecule has 7 nitrogen and oxygen atoms in total. The predicted octanol–water partition coefficient (Wildman–Crippen LogP) is 3.05. The molecule has 0 spiro atoms. The summed E-state index contributed by atoms with van der Waals surface area (Å²) in [5.74, 6) is -0.490. The summed E-state index contributed by atoms with van der Waals surface area (Å²) in [6.45, 7) is 3.39. The van der Waals surface area contributed by atoms with E-state index in [-0.39, 0.29) is 11.6 Å². The number of hydrogen-bond acceptors (Lipinski definition) is 4. The smallest absolute Gasteiger partial charge is 0.291 e. The maximum Gasteiger partial charge on any atom is 0.435 e. The number of anilines is 1. The number of benzene rings is 1. The summed E-state index contributed by atoms with van der Waals surface area (Å²) < 4.78 is 40.9. The quantitative estimate of drug-likeness (QED) is 0.740. The van der Waals surface area contributed by atoms with Crippen LogP contribution in [0.25, 0.3) is 0 Å². The molecule has 27 heavy (non-hydrogen) atoms. The molecule has 10 heteroatoms. The van der Waals surface area contributed by atoms with Gasteiger partial charge in [0.2, 0.25) is 5.95 Å². The van der Waals surface area contributed by atoms with Crippen LogP contribution in [0.2, 0.25) is 0 Å². The van der Waals surface area contributed by atoms with E-state index < -0.39 is 23.8 Å². The molecule has 142 valence electrons. The Bertz CT molecular complexity index is 932. The molecule has 0 aliphatic rings. The van der Waals surface area contributed by atoms with Crippen molar-refractivity contribution < 1.29 is 18.0 Å². The van der Waals surface area contributed by atoms with E-state index in [0.717, 1.165) is 16.3 Å². The highest BCUT2D eigenvalue weighted by molar-refractivity contribution is 5.91. The van der Waals surface area contributed by atoms with Crippen LogP contribution in [0.15, 0.2) is 42.7 Å². The fourth-order valence-corrected chi connectivity index (χ4v) is 2.54. The number of hydrogen-bond donors (Lipinski definition) is 1. The lowest BCUT2D eigenvalue weighted by atomic mass is 10.2. The molecule has 3 aromatic rings. The van der Waals surface area contributed by atoms with E-state index in [2.05, 4.69) is 20.5 Å². The number of nitrogens with zero attached hydrogens (tertiary/aromatic N) is 5. The first-order valence-corrected chi connectivity index (χ1v) is 8.11. The van der Waals surface area contributed by atoms with Crippen LogP contribution in [0.4, 0.5) is 19.1 Å². The fraction of sp³-hybridized carbons (Fsp3) is 0.294. The van der Waals surface area contributed by atoms with Gasteiger partial charge in [0.15, 0.2) is 5.69 Å². The third-order valence-corrected chi connectivity index (χ3v) is 3.92. The summed E-state index contributed by atoms with van der Waals surface area (Å²) in [5, 5.41) is 10.1. The van der Waals surface area contributed by atoms with Crippen molar-refractivity contribution in [3.63, 3.8) is 0 Å². The zero-order valence-corrected chi connectivity index (χ0v) is 14.6. The minimum absolute atomic E-state index is 0.0728. The number of amides is 1. The summed E-state index contributed by atoms with van der Waals surface area (Å²) in [5.41, 5.74) is 0.206. The fourth-order valence-electron chi connectivity index (χ4n) is 2.54. The standard InChI is InChI=1S/C17H17F3N6O/c1-11-8-14(17(18,19)20)23-26(11)12(2)15(27)22-16-21-10-25(24-16)9-13-6-4-3-5-7-13/h3-8,10,12H,9H2,1-2H3,(H,22,24,27). The third kappa shape index (κ3) is 4.33. The molecule has 1 N–H and O–H groups in total. The van der Waals surface area contributed by atoms with Gasteiger partial charge >= 0.3 is 6.18 Å². The van der Waals surface area contributed by atoms with E-state index in [4.69, 9.17) is 0 Å². The summed E-state index contributed by atoms with van der Waals surface area (Å²) in [6.07, 6.45) is -3.10. The highest BCUT2D eigenvalue weighted by atomic mass is 19.4. The highest BCUT2D eigenvalue weighted by Crippen LogP contribution is 2.29. The first kappa shape index (κ1) is 18.6. The summed E-state index contributed by atoms with van der Waals surface area (Å²) in [7, 11) is 0. The van der Waals surface area contributed by atoms with E-state index in [0.29, 0.717) is 6.54 Å². The Hall–Kier alpha value is -3.17. The van der Waals surface area contributed by atoms with Crippen LogP contribution in [-0.2, 0) is 17.5 Å². The van der Waals surface area contributed by atoms with Gasteiger partial charge in [-0.2, -0.15) is 18.3 Å². The van der Waals surface area contributed by atoms with E-state index in [9.17, 15) is 18.0 Å². The average molecular weight is 378 g/mol. The molecule has 2 aromatic heterocycles. The normalized spacial score (nSPS) is 12.8. The first-order valence-electron chi connectivity index (χ1n) is 8.11. The van der Waals surface area contributed by atoms with Crippen molar-refractivity contribution in [3.8, 4) is 0 Å². The van der Waals surface area contributed by atoms with Crippen LogP contribution < -0.4 is 5.32 Å². The first-order chi connectivity index (χ1) is 12.7.